The maximum atomic E-state index is 11.4. The number of thiazole rings is 1. The second-order valence-corrected chi connectivity index (χ2v) is 8.22. The molecule has 5 heteroatoms. The Labute approximate surface area is 127 Å². The first-order chi connectivity index (χ1) is 9.20. The van der Waals surface area contributed by atoms with Crippen molar-refractivity contribution in [2.45, 2.75) is 46.0 Å². The van der Waals surface area contributed by atoms with Crippen LogP contribution in [0.4, 0.5) is 0 Å². The Morgan fingerprint density at radius 2 is 1.90 bits per heavy atom. The lowest BCUT2D eigenvalue weighted by Crippen LogP contribution is -2.07. The van der Waals surface area contributed by atoms with Crippen LogP contribution in [-0.4, -0.2) is 16.1 Å². The molecule has 0 atom stereocenters. The summed E-state index contributed by atoms with van der Waals surface area (Å²) in [5.74, 6) is -0.706. The summed E-state index contributed by atoms with van der Waals surface area (Å²) in [5.41, 5.74) is 0.263. The molecule has 2 rings (SSSR count). The molecule has 0 fully saturated rings. The molecular weight excluding hydrogens is 290 g/mol. The van der Waals surface area contributed by atoms with E-state index in [1.54, 1.807) is 11.3 Å². The molecule has 0 spiro atoms. The molecule has 2 aromatic rings. The van der Waals surface area contributed by atoms with Crippen LogP contribution in [0, 0.1) is 0 Å². The van der Waals surface area contributed by atoms with E-state index in [1.165, 1.54) is 16.2 Å². The molecule has 1 N–H and O–H groups in total. The highest BCUT2D eigenvalue weighted by atomic mass is 32.1. The van der Waals surface area contributed by atoms with E-state index in [0.717, 1.165) is 14.8 Å². The number of carbonyl (C=O) groups is 1. The van der Waals surface area contributed by atoms with Gasteiger partial charge in [0.25, 0.3) is 0 Å². The van der Waals surface area contributed by atoms with Gasteiger partial charge in [0, 0.05) is 15.7 Å². The fraction of sp³-hybridized carbons (Fsp3) is 0.467. The van der Waals surface area contributed by atoms with Crippen LogP contribution in [0.5, 0.6) is 0 Å². The topological polar surface area (TPSA) is 50.2 Å². The Hall–Kier alpha value is -1.20. The van der Waals surface area contributed by atoms with E-state index < -0.39 is 5.97 Å². The van der Waals surface area contributed by atoms with Gasteiger partial charge in [-0.1, -0.05) is 34.6 Å². The maximum Gasteiger partial charge on any atom is 0.356 e. The standard InChI is InChI=1S/C15H19NO2S2/c1-8(2)13-16-11(14(17)18)12(20-13)9-6-7-10(19-9)15(3,4)5/h6-8H,1-5H3,(H,17,18). The maximum absolute atomic E-state index is 11.4. The number of carboxylic acid groups (broad SMARTS) is 1. The summed E-state index contributed by atoms with van der Waals surface area (Å²) in [6.07, 6.45) is 0. The first-order valence-corrected chi connectivity index (χ1v) is 8.18. The summed E-state index contributed by atoms with van der Waals surface area (Å²) in [5, 5.41) is 10.2. The van der Waals surface area contributed by atoms with Crippen molar-refractivity contribution in [2.24, 2.45) is 0 Å². The second-order valence-electron chi connectivity index (χ2n) is 6.10. The van der Waals surface area contributed by atoms with Crippen molar-refractivity contribution >= 4 is 28.6 Å². The highest BCUT2D eigenvalue weighted by molar-refractivity contribution is 7.22. The van der Waals surface area contributed by atoms with Gasteiger partial charge in [-0.25, -0.2) is 9.78 Å². The Kier molecular flexibility index (Phi) is 4.02. The van der Waals surface area contributed by atoms with Gasteiger partial charge < -0.3 is 5.11 Å². The van der Waals surface area contributed by atoms with Crippen LogP contribution in [0.25, 0.3) is 9.75 Å². The molecule has 0 saturated carbocycles. The molecule has 0 aliphatic carbocycles. The molecule has 0 saturated heterocycles. The third kappa shape index (κ3) is 2.94. The zero-order valence-electron chi connectivity index (χ0n) is 12.4. The summed E-state index contributed by atoms with van der Waals surface area (Å²) in [6.45, 7) is 10.5. The molecule has 0 aliphatic rings. The van der Waals surface area contributed by atoms with Crippen LogP contribution in [0.3, 0.4) is 0 Å². The lowest BCUT2D eigenvalue weighted by Gasteiger charge is -2.15. The zero-order valence-corrected chi connectivity index (χ0v) is 14.0. The smallest absolute Gasteiger partial charge is 0.356 e. The van der Waals surface area contributed by atoms with Crippen molar-refractivity contribution in [3.05, 3.63) is 27.7 Å². The van der Waals surface area contributed by atoms with E-state index in [1.807, 2.05) is 19.9 Å². The Bertz CT molecular complexity index is 633. The quantitative estimate of drug-likeness (QED) is 0.869. The number of aromatic nitrogens is 1. The molecule has 0 amide bonds. The zero-order chi connectivity index (χ0) is 15.1. The predicted molar refractivity (Wildman–Crippen MR) is 85.2 cm³/mol. The molecule has 0 unspecified atom stereocenters. The lowest BCUT2D eigenvalue weighted by atomic mass is 9.95. The number of carboxylic acids is 1. The van der Waals surface area contributed by atoms with Gasteiger partial charge in [-0.2, -0.15) is 0 Å². The number of nitrogens with zero attached hydrogens (tertiary/aromatic N) is 1. The Morgan fingerprint density at radius 1 is 1.25 bits per heavy atom. The van der Waals surface area contributed by atoms with Gasteiger partial charge in [0.15, 0.2) is 5.69 Å². The Morgan fingerprint density at radius 3 is 2.35 bits per heavy atom. The summed E-state index contributed by atoms with van der Waals surface area (Å²) in [6, 6.07) is 4.09. The van der Waals surface area contributed by atoms with Crippen LogP contribution >= 0.6 is 22.7 Å². The van der Waals surface area contributed by atoms with E-state index in [4.69, 9.17) is 0 Å². The molecule has 0 aliphatic heterocycles. The molecular formula is C15H19NO2S2. The molecule has 0 bridgehead atoms. The van der Waals surface area contributed by atoms with Crippen molar-refractivity contribution in [3.8, 4) is 9.75 Å². The summed E-state index contributed by atoms with van der Waals surface area (Å²) in [7, 11) is 0. The third-order valence-electron chi connectivity index (χ3n) is 2.91. The van der Waals surface area contributed by atoms with Gasteiger partial charge in [-0.3, -0.25) is 0 Å². The molecule has 0 radical (unpaired) electrons. The van der Waals surface area contributed by atoms with Crippen LogP contribution in [0.1, 0.15) is 60.9 Å². The van der Waals surface area contributed by atoms with Crippen LogP contribution in [0.15, 0.2) is 12.1 Å². The van der Waals surface area contributed by atoms with Crippen LogP contribution < -0.4 is 0 Å². The highest BCUT2D eigenvalue weighted by Crippen LogP contribution is 2.40. The molecule has 2 heterocycles. The van der Waals surface area contributed by atoms with E-state index >= 15 is 0 Å². The number of hydrogen-bond donors (Lipinski definition) is 1. The molecule has 108 valence electrons. The van der Waals surface area contributed by atoms with Gasteiger partial charge in [-0.15, -0.1) is 22.7 Å². The van der Waals surface area contributed by atoms with Crippen molar-refractivity contribution < 1.29 is 9.90 Å². The van der Waals surface area contributed by atoms with Gasteiger partial charge >= 0.3 is 5.97 Å². The van der Waals surface area contributed by atoms with Crippen molar-refractivity contribution in [3.63, 3.8) is 0 Å². The number of thiophene rings is 1. The second kappa shape index (κ2) is 5.30. The van der Waals surface area contributed by atoms with Crippen LogP contribution in [-0.2, 0) is 5.41 Å². The minimum atomic E-state index is -0.950. The van der Waals surface area contributed by atoms with E-state index in [2.05, 4.69) is 31.8 Å². The summed E-state index contributed by atoms with van der Waals surface area (Å²) < 4.78 is 0. The van der Waals surface area contributed by atoms with E-state index in [9.17, 15) is 9.90 Å². The Balaban J connectivity index is 2.51. The summed E-state index contributed by atoms with van der Waals surface area (Å²) >= 11 is 3.15. The molecule has 3 nitrogen and oxygen atoms in total. The SMILES string of the molecule is CC(C)c1nc(C(=O)O)c(-c2ccc(C(C)(C)C)s2)s1. The third-order valence-corrected chi connectivity index (χ3v) is 5.96. The predicted octanol–water partition coefficient (Wildman–Crippen LogP) is 4.99. The molecule has 2 aromatic heterocycles. The van der Waals surface area contributed by atoms with Crippen molar-refractivity contribution in [1.29, 1.82) is 0 Å². The first kappa shape index (κ1) is 15.2. The highest BCUT2D eigenvalue weighted by Gasteiger charge is 2.23. The molecule has 20 heavy (non-hydrogen) atoms. The van der Waals surface area contributed by atoms with E-state index in [-0.39, 0.29) is 17.0 Å². The fourth-order valence-electron chi connectivity index (χ4n) is 1.76. The van der Waals surface area contributed by atoms with Crippen LogP contribution in [0.2, 0.25) is 0 Å². The summed E-state index contributed by atoms with van der Waals surface area (Å²) in [4.78, 5) is 18.7. The fourth-order valence-corrected chi connectivity index (χ4v) is 3.99. The normalized spacial score (nSPS) is 12.1. The lowest BCUT2D eigenvalue weighted by molar-refractivity contribution is 0.0692. The van der Waals surface area contributed by atoms with Gasteiger partial charge in [0.2, 0.25) is 0 Å². The monoisotopic (exact) mass is 309 g/mol. The van der Waals surface area contributed by atoms with Crippen molar-refractivity contribution in [1.82, 2.24) is 4.98 Å². The average Bonchev–Trinajstić information content (AvgIpc) is 2.94. The van der Waals surface area contributed by atoms with Gasteiger partial charge in [-0.05, 0) is 17.5 Å². The number of rotatable bonds is 3. The molecule has 0 aromatic carbocycles. The van der Waals surface area contributed by atoms with Gasteiger partial charge in [0.05, 0.1) is 9.88 Å². The minimum absolute atomic E-state index is 0.0812. The van der Waals surface area contributed by atoms with Gasteiger partial charge in [0.1, 0.15) is 0 Å². The van der Waals surface area contributed by atoms with Crippen molar-refractivity contribution in [2.75, 3.05) is 0 Å². The van der Waals surface area contributed by atoms with E-state index in [0.29, 0.717) is 0 Å². The number of hydrogen-bond acceptors (Lipinski definition) is 4. The average molecular weight is 309 g/mol. The first-order valence-electron chi connectivity index (χ1n) is 6.55. The minimum Gasteiger partial charge on any atom is -0.476 e. The number of aromatic carboxylic acids is 1. The largest absolute Gasteiger partial charge is 0.476 e.